The minimum Gasteiger partial charge on any atom is -0.457 e. The Morgan fingerprint density at radius 1 is 0.930 bits per heavy atom. The van der Waals surface area contributed by atoms with E-state index in [-0.39, 0.29) is 29.3 Å². The van der Waals surface area contributed by atoms with E-state index in [0.717, 1.165) is 17.7 Å². The first-order valence-electron chi connectivity index (χ1n) is 13.1. The number of rotatable bonds is 8. The second kappa shape index (κ2) is 12.5. The van der Waals surface area contributed by atoms with Gasteiger partial charge in [0.05, 0.1) is 11.4 Å². The zero-order valence-electron chi connectivity index (χ0n) is 24.2. The number of nitrogens with zero attached hydrogens (tertiary/aromatic N) is 3. The molecule has 4 rings (SSSR count). The van der Waals surface area contributed by atoms with Gasteiger partial charge in [-0.05, 0) is 43.3 Å². The van der Waals surface area contributed by atoms with E-state index in [2.05, 4.69) is 26.0 Å². The van der Waals surface area contributed by atoms with Gasteiger partial charge in [0.25, 0.3) is 5.91 Å². The second-order valence-electron chi connectivity index (χ2n) is 10.7. The molecule has 0 spiro atoms. The van der Waals surface area contributed by atoms with E-state index >= 15 is 0 Å². The number of aromatic nitrogens is 3. The molecule has 0 aliphatic heterocycles. The van der Waals surface area contributed by atoms with Crippen LogP contribution in [0.5, 0.6) is 11.5 Å². The van der Waals surface area contributed by atoms with E-state index in [0.29, 0.717) is 17.2 Å². The van der Waals surface area contributed by atoms with E-state index in [9.17, 15) is 22.8 Å². The first-order valence-corrected chi connectivity index (χ1v) is 13.1. The Kier molecular flexibility index (Phi) is 9.04. The van der Waals surface area contributed by atoms with Crippen molar-refractivity contribution in [2.24, 2.45) is 0 Å². The van der Waals surface area contributed by atoms with Crippen molar-refractivity contribution in [1.82, 2.24) is 14.8 Å². The van der Waals surface area contributed by atoms with Crippen molar-refractivity contribution in [2.45, 2.75) is 39.3 Å². The van der Waals surface area contributed by atoms with Crippen LogP contribution < -0.4 is 20.7 Å². The highest BCUT2D eigenvalue weighted by molar-refractivity contribution is 5.99. The van der Waals surface area contributed by atoms with Crippen LogP contribution >= 0.6 is 0 Å². The molecule has 4 aromatic rings. The third-order valence-electron chi connectivity index (χ3n) is 6.04. The molecule has 0 fully saturated rings. The van der Waals surface area contributed by atoms with Gasteiger partial charge < -0.3 is 20.1 Å². The van der Waals surface area contributed by atoms with Gasteiger partial charge in [0.2, 0.25) is 0 Å². The van der Waals surface area contributed by atoms with Crippen LogP contribution in [0.2, 0.25) is 0 Å². The number of benzene rings is 2. The number of methoxy groups -OCH3 is 1. The SMILES string of the molecule is COCC(=O)Nc1cc(Oc2ccc(NC(=O)Nc3cc(C(C)(C)C)nn3-c3ccc(C)cc3)cc2C(F)(F)F)ccn1. The molecule has 3 N–H and O–H groups in total. The highest BCUT2D eigenvalue weighted by Gasteiger charge is 2.35. The van der Waals surface area contributed by atoms with Crippen LogP contribution in [-0.2, 0) is 21.1 Å². The average molecular weight is 597 g/mol. The van der Waals surface area contributed by atoms with Gasteiger partial charge in [-0.25, -0.2) is 14.5 Å². The van der Waals surface area contributed by atoms with Crippen molar-refractivity contribution >= 4 is 29.3 Å². The Bertz CT molecular complexity index is 1610. The molecular formula is C30H31F3N6O4. The summed E-state index contributed by atoms with van der Waals surface area (Å²) in [5, 5.41) is 12.3. The maximum Gasteiger partial charge on any atom is 0.420 e. The van der Waals surface area contributed by atoms with Gasteiger partial charge >= 0.3 is 12.2 Å². The Balaban J connectivity index is 1.55. The van der Waals surface area contributed by atoms with E-state index in [1.54, 1.807) is 10.7 Å². The molecule has 0 atom stereocenters. The lowest BCUT2D eigenvalue weighted by molar-refractivity contribution is -0.138. The van der Waals surface area contributed by atoms with Gasteiger partial charge in [-0.15, -0.1) is 0 Å². The van der Waals surface area contributed by atoms with Crippen molar-refractivity contribution in [3.05, 3.63) is 83.7 Å². The number of carbonyl (C=O) groups excluding carboxylic acids is 2. The number of alkyl halides is 3. The zero-order chi connectivity index (χ0) is 31.4. The summed E-state index contributed by atoms with van der Waals surface area (Å²) in [4.78, 5) is 28.7. The van der Waals surface area contributed by atoms with Crippen LogP contribution in [0, 0.1) is 6.92 Å². The molecule has 0 saturated carbocycles. The lowest BCUT2D eigenvalue weighted by Gasteiger charge is -2.16. The monoisotopic (exact) mass is 596 g/mol. The van der Waals surface area contributed by atoms with Crippen LogP contribution in [-0.4, -0.2) is 40.4 Å². The molecule has 10 nitrogen and oxygen atoms in total. The number of pyridine rings is 1. The molecule has 13 heteroatoms. The number of nitrogens with one attached hydrogen (secondary N) is 3. The van der Waals surface area contributed by atoms with Crippen molar-refractivity contribution < 1.29 is 32.2 Å². The molecule has 0 aliphatic carbocycles. The molecule has 0 radical (unpaired) electrons. The lowest BCUT2D eigenvalue weighted by atomic mass is 9.92. The zero-order valence-corrected chi connectivity index (χ0v) is 24.2. The molecule has 0 bridgehead atoms. The smallest absolute Gasteiger partial charge is 0.420 e. The van der Waals surface area contributed by atoms with Crippen molar-refractivity contribution in [1.29, 1.82) is 0 Å². The number of hydrogen-bond acceptors (Lipinski definition) is 6. The van der Waals surface area contributed by atoms with Crippen LogP contribution in [0.4, 0.5) is 35.3 Å². The average Bonchev–Trinajstić information content (AvgIpc) is 3.34. The lowest BCUT2D eigenvalue weighted by Crippen LogP contribution is -2.21. The van der Waals surface area contributed by atoms with E-state index in [1.807, 2.05) is 52.0 Å². The quantitative estimate of drug-likeness (QED) is 0.203. The first-order chi connectivity index (χ1) is 20.2. The molecule has 2 aromatic heterocycles. The maximum atomic E-state index is 14.0. The summed E-state index contributed by atoms with van der Waals surface area (Å²) < 4.78 is 53.9. The third-order valence-corrected chi connectivity index (χ3v) is 6.04. The van der Waals surface area contributed by atoms with Gasteiger partial charge in [0.15, 0.2) is 0 Å². The summed E-state index contributed by atoms with van der Waals surface area (Å²) in [6, 6.07) is 14.2. The summed E-state index contributed by atoms with van der Waals surface area (Å²) in [6.45, 7) is 7.66. The Hall–Kier alpha value is -4.91. The van der Waals surface area contributed by atoms with Crippen LogP contribution in [0.25, 0.3) is 5.69 Å². The summed E-state index contributed by atoms with van der Waals surface area (Å²) in [7, 11) is 1.34. The van der Waals surface area contributed by atoms with E-state index in [1.165, 1.54) is 31.5 Å². The summed E-state index contributed by atoms with van der Waals surface area (Å²) >= 11 is 0. The fourth-order valence-electron chi connectivity index (χ4n) is 3.90. The topological polar surface area (TPSA) is 119 Å². The largest absolute Gasteiger partial charge is 0.457 e. The number of hydrogen-bond donors (Lipinski definition) is 3. The standard InChI is InChI=1S/C30H31F3N6O4/c1-18-6-9-20(10-7-18)39-26(16-24(38-39)29(2,3)4)37-28(41)35-19-8-11-23(22(14-19)30(31,32)33)43-21-12-13-34-25(15-21)36-27(40)17-42-5/h6-16H,17H2,1-5H3,(H,34,36,40)(H2,35,37,41). The molecular weight excluding hydrogens is 565 g/mol. The highest BCUT2D eigenvalue weighted by Crippen LogP contribution is 2.40. The molecule has 0 aliphatic rings. The summed E-state index contributed by atoms with van der Waals surface area (Å²) in [6.07, 6.45) is -3.53. The van der Waals surface area contributed by atoms with Crippen molar-refractivity contribution in [3.8, 4) is 17.2 Å². The van der Waals surface area contributed by atoms with Gasteiger partial charge in [0, 0.05) is 36.5 Å². The normalized spacial score (nSPS) is 11.6. The second-order valence-corrected chi connectivity index (χ2v) is 10.7. The fourth-order valence-corrected chi connectivity index (χ4v) is 3.90. The number of ether oxygens (including phenoxy) is 2. The Labute approximate surface area is 246 Å². The van der Waals surface area contributed by atoms with Gasteiger partial charge in [-0.1, -0.05) is 38.5 Å². The predicted octanol–water partition coefficient (Wildman–Crippen LogP) is 6.91. The number of aryl methyl sites for hydroxylation is 1. The fraction of sp³-hybridized carbons (Fsp3) is 0.267. The minimum absolute atomic E-state index is 0.00527. The minimum atomic E-state index is -4.81. The number of halogens is 3. The van der Waals surface area contributed by atoms with Crippen LogP contribution in [0.1, 0.15) is 37.6 Å². The van der Waals surface area contributed by atoms with Gasteiger partial charge in [-0.3, -0.25) is 10.1 Å². The maximum absolute atomic E-state index is 14.0. The predicted molar refractivity (Wildman–Crippen MR) is 156 cm³/mol. The molecule has 226 valence electrons. The Morgan fingerprint density at radius 3 is 2.30 bits per heavy atom. The van der Waals surface area contributed by atoms with Gasteiger partial charge in [0.1, 0.15) is 35.3 Å². The molecule has 3 amide bonds. The number of anilines is 3. The molecule has 2 heterocycles. The molecule has 2 aromatic carbocycles. The summed E-state index contributed by atoms with van der Waals surface area (Å²) in [5.74, 6) is -0.582. The molecule has 0 unspecified atom stereocenters. The van der Waals surface area contributed by atoms with E-state index < -0.39 is 29.4 Å². The van der Waals surface area contributed by atoms with Crippen molar-refractivity contribution in [2.75, 3.05) is 29.7 Å². The van der Waals surface area contributed by atoms with Gasteiger partial charge in [-0.2, -0.15) is 18.3 Å². The van der Waals surface area contributed by atoms with Crippen LogP contribution in [0.15, 0.2) is 66.9 Å². The van der Waals surface area contributed by atoms with Crippen molar-refractivity contribution in [3.63, 3.8) is 0 Å². The van der Waals surface area contributed by atoms with E-state index in [4.69, 9.17) is 9.47 Å². The third kappa shape index (κ3) is 8.10. The summed E-state index contributed by atoms with van der Waals surface area (Å²) in [5.41, 5.74) is 0.899. The number of carbonyl (C=O) groups is 2. The molecule has 43 heavy (non-hydrogen) atoms. The number of urea groups is 1. The number of amides is 3. The molecule has 0 saturated heterocycles. The Morgan fingerprint density at radius 2 is 1.65 bits per heavy atom. The van der Waals surface area contributed by atoms with Crippen LogP contribution in [0.3, 0.4) is 0 Å². The highest BCUT2D eigenvalue weighted by atomic mass is 19.4. The first kappa shape index (κ1) is 31.0.